The number of carbonyl (C=O) groups is 1. The highest BCUT2D eigenvalue weighted by Gasteiger charge is 2.27. The lowest BCUT2D eigenvalue weighted by atomic mass is 10.1. The summed E-state index contributed by atoms with van der Waals surface area (Å²) < 4.78 is 7.40. The summed E-state index contributed by atoms with van der Waals surface area (Å²) in [5.74, 6) is 1.22. The Balaban J connectivity index is 1.79. The summed E-state index contributed by atoms with van der Waals surface area (Å²) in [5.41, 5.74) is 2.22. The first-order valence-corrected chi connectivity index (χ1v) is 11.9. The number of nitrogens with zero attached hydrogens (tertiary/aromatic N) is 3. The minimum Gasteiger partial charge on any atom is -0.484 e. The van der Waals surface area contributed by atoms with Gasteiger partial charge < -0.3 is 9.64 Å². The summed E-state index contributed by atoms with van der Waals surface area (Å²) >= 11 is 0. The van der Waals surface area contributed by atoms with Gasteiger partial charge in [-0.25, -0.2) is 4.98 Å². The zero-order chi connectivity index (χ0) is 24.9. The molecule has 1 amide bonds. The Hall–Kier alpha value is -3.93. The Labute approximate surface area is 205 Å². The molecule has 0 saturated carbocycles. The molecule has 0 N–H and O–H groups in total. The number of amides is 1. The van der Waals surface area contributed by atoms with Crippen LogP contribution in [0.2, 0.25) is 0 Å². The van der Waals surface area contributed by atoms with E-state index in [9.17, 15) is 9.59 Å². The molecule has 0 radical (unpaired) electrons. The Morgan fingerprint density at radius 3 is 2.40 bits per heavy atom. The highest BCUT2D eigenvalue weighted by molar-refractivity contribution is 5.79. The highest BCUT2D eigenvalue weighted by atomic mass is 16.5. The molecule has 6 nitrogen and oxygen atoms in total. The predicted octanol–water partition coefficient (Wildman–Crippen LogP) is 5.32. The predicted molar refractivity (Wildman–Crippen MR) is 139 cm³/mol. The number of fused-ring (bicyclic) bond motifs is 1. The first kappa shape index (κ1) is 24.2. The van der Waals surface area contributed by atoms with Crippen molar-refractivity contribution >= 4 is 16.8 Å². The van der Waals surface area contributed by atoms with E-state index in [0.29, 0.717) is 29.0 Å². The number of hydrogen-bond donors (Lipinski definition) is 0. The number of ether oxygens (including phenoxy) is 1. The molecule has 0 aliphatic rings. The fraction of sp³-hybridized carbons (Fsp3) is 0.276. The van der Waals surface area contributed by atoms with Gasteiger partial charge >= 0.3 is 0 Å². The van der Waals surface area contributed by atoms with E-state index in [1.165, 1.54) is 0 Å². The first-order chi connectivity index (χ1) is 16.8. The van der Waals surface area contributed by atoms with E-state index in [-0.39, 0.29) is 24.0 Å². The van der Waals surface area contributed by atoms with E-state index < -0.39 is 6.04 Å². The zero-order valence-electron chi connectivity index (χ0n) is 20.6. The topological polar surface area (TPSA) is 64.4 Å². The molecule has 3 aromatic carbocycles. The minimum atomic E-state index is -0.456. The summed E-state index contributed by atoms with van der Waals surface area (Å²) in [6.45, 7) is 8.45. The monoisotopic (exact) mass is 469 g/mol. The van der Waals surface area contributed by atoms with Crippen LogP contribution in [0, 0.1) is 12.8 Å². The molecule has 1 heterocycles. The lowest BCUT2D eigenvalue weighted by Crippen LogP contribution is -2.41. The summed E-state index contributed by atoms with van der Waals surface area (Å²) in [4.78, 5) is 33.7. The largest absolute Gasteiger partial charge is 0.484 e. The van der Waals surface area contributed by atoms with Crippen molar-refractivity contribution < 1.29 is 9.53 Å². The Bertz CT molecular complexity index is 1380. The number of aromatic nitrogens is 2. The van der Waals surface area contributed by atoms with E-state index in [2.05, 4.69) is 13.8 Å². The van der Waals surface area contributed by atoms with Crippen molar-refractivity contribution in [2.75, 3.05) is 13.2 Å². The van der Waals surface area contributed by atoms with Crippen LogP contribution in [0.15, 0.2) is 83.7 Å². The normalized spacial score (nSPS) is 12.0. The lowest BCUT2D eigenvalue weighted by molar-refractivity contribution is -0.136. The molecule has 1 atom stereocenters. The molecule has 0 fully saturated rings. The third kappa shape index (κ3) is 5.43. The van der Waals surface area contributed by atoms with Gasteiger partial charge in [-0.15, -0.1) is 0 Å². The van der Waals surface area contributed by atoms with Crippen molar-refractivity contribution in [3.8, 4) is 11.4 Å². The maximum Gasteiger partial charge on any atom is 0.266 e. The van der Waals surface area contributed by atoms with Crippen molar-refractivity contribution in [1.82, 2.24) is 14.5 Å². The summed E-state index contributed by atoms with van der Waals surface area (Å²) in [6, 6.07) is 23.9. The molecule has 0 spiro atoms. The molecule has 1 aromatic heterocycles. The molecular formula is C29H31N3O3. The molecular weight excluding hydrogens is 438 g/mol. The van der Waals surface area contributed by atoms with Gasteiger partial charge in [-0.05, 0) is 61.7 Å². The third-order valence-electron chi connectivity index (χ3n) is 5.89. The highest BCUT2D eigenvalue weighted by Crippen LogP contribution is 2.24. The third-order valence-corrected chi connectivity index (χ3v) is 5.89. The zero-order valence-corrected chi connectivity index (χ0v) is 20.6. The number of para-hydroxylation sites is 2. The SMILES string of the molecule is Cc1cccc(-n2c(C(C)N(CC(C)C)C(=O)COc3ccccc3)nc3ccccc3c2=O)c1. The van der Waals surface area contributed by atoms with Crippen LogP contribution in [-0.2, 0) is 4.79 Å². The van der Waals surface area contributed by atoms with Crippen molar-refractivity contribution in [1.29, 1.82) is 0 Å². The smallest absolute Gasteiger partial charge is 0.266 e. The molecule has 4 aromatic rings. The second kappa shape index (κ2) is 10.6. The second-order valence-electron chi connectivity index (χ2n) is 9.18. The quantitative estimate of drug-likeness (QED) is 0.350. The maximum absolute atomic E-state index is 13.7. The Morgan fingerprint density at radius 1 is 0.971 bits per heavy atom. The van der Waals surface area contributed by atoms with E-state index in [0.717, 1.165) is 11.3 Å². The average Bonchev–Trinajstić information content (AvgIpc) is 2.86. The fourth-order valence-corrected chi connectivity index (χ4v) is 4.20. The van der Waals surface area contributed by atoms with Crippen LogP contribution < -0.4 is 10.3 Å². The molecule has 180 valence electrons. The number of benzene rings is 3. The summed E-state index contributed by atoms with van der Waals surface area (Å²) in [7, 11) is 0. The van der Waals surface area contributed by atoms with Gasteiger partial charge in [0.05, 0.1) is 22.6 Å². The number of rotatable bonds is 8. The van der Waals surface area contributed by atoms with Gasteiger partial charge in [-0.2, -0.15) is 0 Å². The van der Waals surface area contributed by atoms with Crippen LogP contribution in [-0.4, -0.2) is 33.5 Å². The minimum absolute atomic E-state index is 0.0939. The Morgan fingerprint density at radius 2 is 1.69 bits per heavy atom. The number of aryl methyl sites for hydroxylation is 1. The van der Waals surface area contributed by atoms with E-state index in [4.69, 9.17) is 9.72 Å². The molecule has 6 heteroatoms. The first-order valence-electron chi connectivity index (χ1n) is 11.9. The van der Waals surface area contributed by atoms with Gasteiger partial charge in [0, 0.05) is 6.54 Å². The molecule has 35 heavy (non-hydrogen) atoms. The second-order valence-corrected chi connectivity index (χ2v) is 9.18. The molecule has 0 aliphatic carbocycles. The van der Waals surface area contributed by atoms with Crippen molar-refractivity contribution in [2.45, 2.75) is 33.7 Å². The van der Waals surface area contributed by atoms with Crippen LogP contribution in [0.3, 0.4) is 0 Å². The molecule has 0 bridgehead atoms. The number of hydrogen-bond acceptors (Lipinski definition) is 4. The summed E-state index contributed by atoms with van der Waals surface area (Å²) in [6.07, 6.45) is 0. The van der Waals surface area contributed by atoms with Crippen LogP contribution in [0.25, 0.3) is 16.6 Å². The van der Waals surface area contributed by atoms with Crippen LogP contribution in [0.5, 0.6) is 5.75 Å². The van der Waals surface area contributed by atoms with E-state index in [1.54, 1.807) is 15.5 Å². The Kier molecular flexibility index (Phi) is 7.30. The standard InChI is InChI=1S/C29H31N3O3/c1-20(2)18-31(27(33)19-35-24-13-6-5-7-14-24)22(4)28-30-26-16-9-8-15-25(26)29(34)32(28)23-12-10-11-21(3)17-23/h5-17,20,22H,18-19H2,1-4H3. The number of carbonyl (C=O) groups excluding carboxylic acids is 1. The van der Waals surface area contributed by atoms with Gasteiger partial charge in [0.2, 0.25) is 0 Å². The van der Waals surface area contributed by atoms with E-state index in [1.807, 2.05) is 86.6 Å². The van der Waals surface area contributed by atoms with Gasteiger partial charge in [0.25, 0.3) is 11.5 Å². The lowest BCUT2D eigenvalue weighted by Gasteiger charge is -2.32. The van der Waals surface area contributed by atoms with Crippen LogP contribution >= 0.6 is 0 Å². The average molecular weight is 470 g/mol. The van der Waals surface area contributed by atoms with Crippen molar-refractivity contribution in [2.24, 2.45) is 5.92 Å². The molecule has 0 saturated heterocycles. The van der Waals surface area contributed by atoms with Crippen LogP contribution in [0.4, 0.5) is 0 Å². The van der Waals surface area contributed by atoms with Gasteiger partial charge in [0.1, 0.15) is 11.6 Å². The molecule has 1 unspecified atom stereocenters. The van der Waals surface area contributed by atoms with Crippen molar-refractivity contribution in [3.05, 3.63) is 101 Å². The van der Waals surface area contributed by atoms with Crippen LogP contribution in [0.1, 0.15) is 38.2 Å². The van der Waals surface area contributed by atoms with Gasteiger partial charge in [-0.3, -0.25) is 14.2 Å². The van der Waals surface area contributed by atoms with Gasteiger partial charge in [0.15, 0.2) is 6.61 Å². The summed E-state index contributed by atoms with van der Waals surface area (Å²) in [5, 5.41) is 0.541. The maximum atomic E-state index is 13.7. The molecule has 0 aliphatic heterocycles. The van der Waals surface area contributed by atoms with Gasteiger partial charge in [-0.1, -0.05) is 56.3 Å². The molecule has 4 rings (SSSR count). The van der Waals surface area contributed by atoms with E-state index >= 15 is 0 Å². The fourth-order valence-electron chi connectivity index (χ4n) is 4.20. The van der Waals surface area contributed by atoms with Crippen molar-refractivity contribution in [3.63, 3.8) is 0 Å².